The molecule has 3 saturated heterocycles. The Kier molecular flexibility index (Phi) is 7.60. The zero-order chi connectivity index (χ0) is 21.7. The number of sulfonamides is 1. The zero-order valence-corrected chi connectivity index (χ0v) is 18.8. The Morgan fingerprint density at radius 3 is 2.16 bits per heavy atom. The highest BCUT2D eigenvalue weighted by molar-refractivity contribution is 7.89. The third kappa shape index (κ3) is 5.84. The third-order valence-corrected chi connectivity index (χ3v) is 8.29. The maximum Gasteiger partial charge on any atom is 0.243 e. The molecule has 0 bridgehead atoms. The first-order valence-electron chi connectivity index (χ1n) is 11.4. The molecule has 31 heavy (non-hydrogen) atoms. The molecule has 0 spiro atoms. The Balaban J connectivity index is 1.26. The number of amides is 1. The molecule has 3 aliphatic rings. The van der Waals surface area contributed by atoms with Crippen molar-refractivity contribution in [3.05, 3.63) is 24.3 Å². The summed E-state index contributed by atoms with van der Waals surface area (Å²) in [7, 11) is -3.47. The first-order valence-corrected chi connectivity index (χ1v) is 12.8. The van der Waals surface area contributed by atoms with Gasteiger partial charge in [0.25, 0.3) is 0 Å². The molecule has 0 atom stereocenters. The van der Waals surface area contributed by atoms with Gasteiger partial charge in [-0.25, -0.2) is 8.42 Å². The number of carbonyl (C=O) groups is 1. The van der Waals surface area contributed by atoms with Crippen LogP contribution in [-0.2, 0) is 24.3 Å². The molecular weight excluding hydrogens is 418 g/mol. The lowest BCUT2D eigenvalue weighted by molar-refractivity contribution is -0.119. The molecule has 0 aromatic heterocycles. The van der Waals surface area contributed by atoms with Crippen LogP contribution < -0.4 is 5.32 Å². The average molecular weight is 452 g/mol. The van der Waals surface area contributed by atoms with Crippen molar-refractivity contribution >= 4 is 21.6 Å². The number of hydrogen-bond donors (Lipinski definition) is 1. The van der Waals surface area contributed by atoms with Crippen molar-refractivity contribution in [2.24, 2.45) is 5.92 Å². The molecular formula is C22H33N3O5S. The van der Waals surface area contributed by atoms with E-state index >= 15 is 0 Å². The first kappa shape index (κ1) is 22.7. The number of nitrogens with zero attached hydrogens (tertiary/aromatic N) is 2. The molecule has 1 aromatic rings. The van der Waals surface area contributed by atoms with E-state index in [1.54, 1.807) is 28.6 Å². The van der Waals surface area contributed by atoms with Crippen LogP contribution >= 0.6 is 0 Å². The van der Waals surface area contributed by atoms with Gasteiger partial charge in [0.2, 0.25) is 15.9 Å². The van der Waals surface area contributed by atoms with Gasteiger partial charge in [0.05, 0.1) is 24.7 Å². The van der Waals surface area contributed by atoms with E-state index in [1.807, 2.05) is 0 Å². The number of carbonyl (C=O) groups excluding carboxylic acids is 1. The standard InChI is InChI=1S/C22H33N3O5S/c26-21(17-24-13-9-18(10-14-24)22-29-15-16-30-22)23-19-5-7-20(8-6-19)31(27,28)25-11-3-1-2-4-12-25/h5-8,18,22H,1-4,9-17H2,(H,23,26). The van der Waals surface area contributed by atoms with E-state index in [0.29, 0.717) is 44.5 Å². The summed E-state index contributed by atoms with van der Waals surface area (Å²) in [6, 6.07) is 6.51. The van der Waals surface area contributed by atoms with Gasteiger partial charge in [-0.2, -0.15) is 4.31 Å². The average Bonchev–Trinajstić information content (AvgIpc) is 3.16. The molecule has 3 fully saturated rings. The maximum absolute atomic E-state index is 12.9. The molecule has 3 aliphatic heterocycles. The molecule has 172 valence electrons. The van der Waals surface area contributed by atoms with Crippen LogP contribution in [0.3, 0.4) is 0 Å². The molecule has 1 aromatic carbocycles. The molecule has 0 aliphatic carbocycles. The molecule has 9 heteroatoms. The first-order chi connectivity index (χ1) is 15.0. The molecule has 0 unspecified atom stereocenters. The van der Waals surface area contributed by atoms with Crippen molar-refractivity contribution < 1.29 is 22.7 Å². The number of benzene rings is 1. The Morgan fingerprint density at radius 1 is 0.935 bits per heavy atom. The summed E-state index contributed by atoms with van der Waals surface area (Å²) in [4.78, 5) is 14.9. The van der Waals surface area contributed by atoms with Crippen LogP contribution in [0.25, 0.3) is 0 Å². The Labute approximate surface area is 184 Å². The van der Waals surface area contributed by atoms with Gasteiger partial charge in [-0.1, -0.05) is 12.8 Å². The van der Waals surface area contributed by atoms with Gasteiger partial charge in [-0.15, -0.1) is 0 Å². The second-order valence-corrected chi connectivity index (χ2v) is 10.6. The van der Waals surface area contributed by atoms with E-state index in [-0.39, 0.29) is 17.1 Å². The summed E-state index contributed by atoms with van der Waals surface area (Å²) in [6.07, 6.45) is 5.81. The monoisotopic (exact) mass is 451 g/mol. The van der Waals surface area contributed by atoms with Crippen molar-refractivity contribution in [3.63, 3.8) is 0 Å². The Hall–Kier alpha value is -1.52. The zero-order valence-electron chi connectivity index (χ0n) is 18.0. The molecule has 4 rings (SSSR count). The topological polar surface area (TPSA) is 88.2 Å². The molecule has 8 nitrogen and oxygen atoms in total. The fourth-order valence-electron chi connectivity index (χ4n) is 4.58. The number of hydrogen-bond acceptors (Lipinski definition) is 6. The lowest BCUT2D eigenvalue weighted by atomic mass is 9.96. The predicted molar refractivity (Wildman–Crippen MR) is 117 cm³/mol. The quantitative estimate of drug-likeness (QED) is 0.714. The van der Waals surface area contributed by atoms with Crippen molar-refractivity contribution in [1.29, 1.82) is 0 Å². The van der Waals surface area contributed by atoms with E-state index in [4.69, 9.17) is 9.47 Å². The number of nitrogens with one attached hydrogen (secondary N) is 1. The molecule has 1 amide bonds. The highest BCUT2D eigenvalue weighted by Crippen LogP contribution is 2.26. The van der Waals surface area contributed by atoms with Gasteiger partial charge in [-0.3, -0.25) is 9.69 Å². The number of rotatable bonds is 6. The maximum atomic E-state index is 12.9. The highest BCUT2D eigenvalue weighted by atomic mass is 32.2. The minimum Gasteiger partial charge on any atom is -0.350 e. The van der Waals surface area contributed by atoms with Gasteiger partial charge < -0.3 is 14.8 Å². The van der Waals surface area contributed by atoms with Gasteiger partial charge in [-0.05, 0) is 63.0 Å². The Morgan fingerprint density at radius 2 is 1.55 bits per heavy atom. The SMILES string of the molecule is O=C(CN1CCC(C2OCCO2)CC1)Nc1ccc(S(=O)(=O)N2CCCCCC2)cc1. The van der Waals surface area contributed by atoms with Crippen molar-refractivity contribution in [2.45, 2.75) is 49.7 Å². The number of piperidine rings is 1. The van der Waals surface area contributed by atoms with Gasteiger partial charge >= 0.3 is 0 Å². The van der Waals surface area contributed by atoms with Crippen molar-refractivity contribution in [3.8, 4) is 0 Å². The minimum absolute atomic E-state index is 0.0833. The van der Waals surface area contributed by atoms with E-state index in [2.05, 4.69) is 10.2 Å². The lowest BCUT2D eigenvalue weighted by Gasteiger charge is -2.33. The summed E-state index contributed by atoms with van der Waals surface area (Å²) in [6.45, 7) is 4.51. The summed E-state index contributed by atoms with van der Waals surface area (Å²) >= 11 is 0. The fraction of sp³-hybridized carbons (Fsp3) is 0.682. The van der Waals surface area contributed by atoms with Crippen LogP contribution in [0.5, 0.6) is 0 Å². The van der Waals surface area contributed by atoms with Crippen LogP contribution in [0.4, 0.5) is 5.69 Å². The van der Waals surface area contributed by atoms with Crippen LogP contribution in [0, 0.1) is 5.92 Å². The summed E-state index contributed by atoms with van der Waals surface area (Å²) in [5, 5.41) is 2.89. The lowest BCUT2D eigenvalue weighted by Crippen LogP contribution is -2.41. The van der Waals surface area contributed by atoms with Crippen LogP contribution in [0.1, 0.15) is 38.5 Å². The number of ether oxygens (including phenoxy) is 2. The van der Waals surface area contributed by atoms with Crippen LogP contribution in [-0.4, -0.2) is 75.8 Å². The van der Waals surface area contributed by atoms with Crippen molar-refractivity contribution in [2.75, 3.05) is 51.3 Å². The second-order valence-electron chi connectivity index (χ2n) is 8.61. The van der Waals surface area contributed by atoms with Gasteiger partial charge in [0.1, 0.15) is 0 Å². The van der Waals surface area contributed by atoms with E-state index in [9.17, 15) is 13.2 Å². The van der Waals surface area contributed by atoms with Crippen LogP contribution in [0.15, 0.2) is 29.2 Å². The van der Waals surface area contributed by atoms with Crippen molar-refractivity contribution in [1.82, 2.24) is 9.21 Å². The molecule has 0 saturated carbocycles. The summed E-state index contributed by atoms with van der Waals surface area (Å²) < 4.78 is 38.5. The summed E-state index contributed by atoms with van der Waals surface area (Å²) in [5.41, 5.74) is 0.613. The highest BCUT2D eigenvalue weighted by Gasteiger charge is 2.31. The molecule has 0 radical (unpaired) electrons. The number of likely N-dealkylation sites (tertiary alicyclic amines) is 1. The second kappa shape index (κ2) is 10.4. The largest absolute Gasteiger partial charge is 0.350 e. The minimum atomic E-state index is -3.47. The van der Waals surface area contributed by atoms with Gasteiger partial charge in [0.15, 0.2) is 6.29 Å². The normalized spacial score (nSPS) is 23.0. The summed E-state index contributed by atoms with van der Waals surface area (Å²) in [5.74, 6) is 0.315. The smallest absolute Gasteiger partial charge is 0.243 e. The van der Waals surface area contributed by atoms with Crippen LogP contribution in [0.2, 0.25) is 0 Å². The molecule has 1 N–H and O–H groups in total. The third-order valence-electron chi connectivity index (χ3n) is 6.37. The molecule has 3 heterocycles. The number of anilines is 1. The van der Waals surface area contributed by atoms with E-state index in [1.165, 1.54) is 0 Å². The van der Waals surface area contributed by atoms with E-state index in [0.717, 1.165) is 51.6 Å². The Bertz CT molecular complexity index is 823. The van der Waals surface area contributed by atoms with Gasteiger partial charge in [0, 0.05) is 24.7 Å². The predicted octanol–water partition coefficient (Wildman–Crippen LogP) is 2.27. The fourth-order valence-corrected chi connectivity index (χ4v) is 6.09. The van der Waals surface area contributed by atoms with E-state index < -0.39 is 10.0 Å².